The highest BCUT2D eigenvalue weighted by atomic mass is 32.2. The van der Waals surface area contributed by atoms with Crippen LogP contribution < -0.4 is 19.7 Å². The van der Waals surface area contributed by atoms with Crippen LogP contribution in [-0.4, -0.2) is 67.1 Å². The number of morpholine rings is 1. The zero-order valence-electron chi connectivity index (χ0n) is 18.6. The van der Waals surface area contributed by atoms with Crippen molar-refractivity contribution in [3.8, 4) is 5.88 Å². The molecular weight excluding hydrogens is 458 g/mol. The summed E-state index contributed by atoms with van der Waals surface area (Å²) in [7, 11) is 0. The maximum atomic E-state index is 10.7. The number of aromatic nitrogens is 4. The van der Waals surface area contributed by atoms with Crippen LogP contribution in [0.1, 0.15) is 25.7 Å². The van der Waals surface area contributed by atoms with Gasteiger partial charge in [0.15, 0.2) is 0 Å². The molecule has 0 aromatic carbocycles. The van der Waals surface area contributed by atoms with Crippen molar-refractivity contribution in [1.82, 2.24) is 19.9 Å². The largest absolute Gasteiger partial charge is 0.755 e. The molecule has 1 unspecified atom stereocenters. The second-order valence-electron chi connectivity index (χ2n) is 8.32. The number of nitrogens with one attached hydrogen (secondary N) is 2. The van der Waals surface area contributed by atoms with Gasteiger partial charge in [-0.2, -0.15) is 4.98 Å². The highest BCUT2D eigenvalue weighted by Gasteiger charge is 2.25. The first-order valence-corrected chi connectivity index (χ1v) is 12.4. The first-order chi connectivity index (χ1) is 16.6. The lowest BCUT2D eigenvalue weighted by molar-refractivity contribution is 0.122. The third-order valence-corrected chi connectivity index (χ3v) is 6.43. The molecule has 1 aliphatic heterocycles. The van der Waals surface area contributed by atoms with E-state index in [1.807, 2.05) is 18.2 Å². The summed E-state index contributed by atoms with van der Waals surface area (Å²) in [6, 6.07) is 6.14. The van der Waals surface area contributed by atoms with Crippen LogP contribution in [0.25, 0.3) is 10.9 Å². The highest BCUT2D eigenvalue weighted by Crippen LogP contribution is 2.31. The molecule has 0 bridgehead atoms. The van der Waals surface area contributed by atoms with Crippen LogP contribution in [0.5, 0.6) is 5.88 Å². The van der Waals surface area contributed by atoms with Gasteiger partial charge in [0.2, 0.25) is 11.8 Å². The normalized spacial score (nSPS) is 21.7. The van der Waals surface area contributed by atoms with Crippen molar-refractivity contribution in [3.05, 3.63) is 36.8 Å². The lowest BCUT2D eigenvalue weighted by atomic mass is 9.93. The van der Waals surface area contributed by atoms with Gasteiger partial charge in [0.25, 0.3) is 0 Å². The molecule has 11 nitrogen and oxygen atoms in total. The monoisotopic (exact) mass is 484 g/mol. The Kier molecular flexibility index (Phi) is 6.97. The average molecular weight is 485 g/mol. The SMILES string of the molecule is O=S([O-])Nc1cnc(NC2CCC(Oc3nc(N4CCOCC4)cc4ncccc34)CC2)nc1. The van der Waals surface area contributed by atoms with Crippen molar-refractivity contribution < 1.29 is 18.2 Å². The lowest BCUT2D eigenvalue weighted by Crippen LogP contribution is -2.37. The number of rotatable bonds is 7. The van der Waals surface area contributed by atoms with Crippen LogP contribution in [0.4, 0.5) is 17.5 Å². The van der Waals surface area contributed by atoms with Gasteiger partial charge in [0.1, 0.15) is 11.9 Å². The standard InChI is InChI=1S/C22H27N7O4S/c30-34(31)28-16-13-24-22(25-14-16)26-15-3-5-17(6-4-15)33-21-18-2-1-7-23-19(18)12-20(27-21)29-8-10-32-11-9-29/h1-2,7,12-15,17,28H,3-6,8-11H2,(H,30,31)(H,24,25,26)/p-1. The molecule has 2 fully saturated rings. The van der Waals surface area contributed by atoms with Gasteiger partial charge < -0.3 is 29.0 Å². The smallest absolute Gasteiger partial charge is 0.225 e. The summed E-state index contributed by atoms with van der Waals surface area (Å²) >= 11 is -2.39. The van der Waals surface area contributed by atoms with E-state index >= 15 is 0 Å². The Morgan fingerprint density at radius 2 is 1.88 bits per heavy atom. The molecule has 1 atom stereocenters. The Morgan fingerprint density at radius 1 is 1.12 bits per heavy atom. The van der Waals surface area contributed by atoms with Gasteiger partial charge in [-0.15, -0.1) is 0 Å². The van der Waals surface area contributed by atoms with Gasteiger partial charge in [-0.25, -0.2) is 9.97 Å². The number of hydrogen-bond donors (Lipinski definition) is 2. The van der Waals surface area contributed by atoms with Crippen LogP contribution in [-0.2, 0) is 16.0 Å². The lowest BCUT2D eigenvalue weighted by Gasteiger charge is -2.31. The Hall–Kier alpha value is -3.09. The second kappa shape index (κ2) is 10.5. The predicted octanol–water partition coefficient (Wildman–Crippen LogP) is 2.26. The average Bonchev–Trinajstić information content (AvgIpc) is 2.86. The van der Waals surface area contributed by atoms with Crippen molar-refractivity contribution in [2.24, 2.45) is 0 Å². The Balaban J connectivity index is 1.22. The van der Waals surface area contributed by atoms with Crippen molar-refractivity contribution in [3.63, 3.8) is 0 Å². The molecule has 1 saturated heterocycles. The number of hydrogen-bond acceptors (Lipinski definition) is 10. The van der Waals surface area contributed by atoms with E-state index in [4.69, 9.17) is 14.5 Å². The molecule has 0 spiro atoms. The van der Waals surface area contributed by atoms with Gasteiger partial charge >= 0.3 is 0 Å². The molecule has 2 N–H and O–H groups in total. The van der Waals surface area contributed by atoms with Gasteiger partial charge in [0.05, 0.1) is 42.2 Å². The zero-order valence-corrected chi connectivity index (χ0v) is 19.4. The van der Waals surface area contributed by atoms with E-state index in [-0.39, 0.29) is 12.1 Å². The third kappa shape index (κ3) is 5.51. The molecule has 2 aliphatic rings. The Morgan fingerprint density at radius 3 is 2.62 bits per heavy atom. The third-order valence-electron chi connectivity index (χ3n) is 6.02. The van der Waals surface area contributed by atoms with Crippen LogP contribution in [0.15, 0.2) is 36.8 Å². The zero-order chi connectivity index (χ0) is 23.3. The van der Waals surface area contributed by atoms with E-state index in [9.17, 15) is 8.76 Å². The van der Waals surface area contributed by atoms with Gasteiger partial charge in [0, 0.05) is 42.7 Å². The molecule has 180 valence electrons. The van der Waals surface area contributed by atoms with E-state index in [2.05, 4.69) is 29.9 Å². The maximum Gasteiger partial charge on any atom is 0.225 e. The van der Waals surface area contributed by atoms with E-state index < -0.39 is 11.3 Å². The maximum absolute atomic E-state index is 10.7. The summed E-state index contributed by atoms with van der Waals surface area (Å²) in [5, 5.41) is 4.24. The summed E-state index contributed by atoms with van der Waals surface area (Å²) in [5.74, 6) is 1.98. The molecular formula is C22H26N7O4S-. The topological polar surface area (TPSA) is 137 Å². The van der Waals surface area contributed by atoms with Crippen molar-refractivity contribution >= 4 is 39.6 Å². The van der Waals surface area contributed by atoms with Crippen LogP contribution in [0.3, 0.4) is 0 Å². The molecule has 3 aromatic rings. The number of ether oxygens (including phenoxy) is 2. The molecule has 1 saturated carbocycles. The fourth-order valence-corrected chi connectivity index (χ4v) is 4.59. The molecule has 3 aromatic heterocycles. The minimum atomic E-state index is -2.39. The number of anilines is 3. The van der Waals surface area contributed by atoms with Crippen LogP contribution in [0.2, 0.25) is 0 Å². The summed E-state index contributed by atoms with van der Waals surface area (Å²) in [4.78, 5) is 20.0. The first kappa shape index (κ1) is 22.7. The molecule has 4 heterocycles. The molecule has 0 amide bonds. The van der Waals surface area contributed by atoms with Crippen LogP contribution >= 0.6 is 0 Å². The summed E-state index contributed by atoms with van der Waals surface area (Å²) in [6.45, 7) is 2.98. The fourth-order valence-electron chi connectivity index (χ4n) is 4.29. The Labute approximate surface area is 199 Å². The minimum absolute atomic E-state index is 0.0634. The fraction of sp³-hybridized carbons (Fsp3) is 0.455. The van der Waals surface area contributed by atoms with E-state index in [1.165, 1.54) is 12.4 Å². The number of pyridine rings is 2. The predicted molar refractivity (Wildman–Crippen MR) is 127 cm³/mol. The summed E-state index contributed by atoms with van der Waals surface area (Å²) < 4.78 is 35.5. The van der Waals surface area contributed by atoms with Crippen LogP contribution in [0, 0.1) is 0 Å². The van der Waals surface area contributed by atoms with Gasteiger partial charge in [-0.1, -0.05) is 0 Å². The van der Waals surface area contributed by atoms with Gasteiger partial charge in [-0.05, 0) is 37.8 Å². The highest BCUT2D eigenvalue weighted by molar-refractivity contribution is 7.80. The molecule has 5 rings (SSSR count). The van der Waals surface area contributed by atoms with Crippen molar-refractivity contribution in [1.29, 1.82) is 0 Å². The summed E-state index contributed by atoms with van der Waals surface area (Å²) in [5.41, 5.74) is 1.20. The second-order valence-corrected chi connectivity index (χ2v) is 9.00. The van der Waals surface area contributed by atoms with Gasteiger partial charge in [-0.3, -0.25) is 9.19 Å². The Bertz CT molecular complexity index is 1140. The van der Waals surface area contributed by atoms with E-state index in [1.54, 1.807) is 6.20 Å². The van der Waals surface area contributed by atoms with E-state index in [0.717, 1.165) is 55.5 Å². The number of fused-ring (bicyclic) bond motifs is 1. The molecule has 34 heavy (non-hydrogen) atoms. The quantitative estimate of drug-likeness (QED) is 0.480. The molecule has 0 radical (unpaired) electrons. The minimum Gasteiger partial charge on any atom is -0.755 e. The number of nitrogens with zero attached hydrogens (tertiary/aromatic N) is 5. The summed E-state index contributed by atoms with van der Waals surface area (Å²) in [6.07, 6.45) is 8.27. The van der Waals surface area contributed by atoms with Crippen molar-refractivity contribution in [2.75, 3.05) is 41.2 Å². The first-order valence-electron chi connectivity index (χ1n) is 11.3. The molecule has 1 aliphatic carbocycles. The van der Waals surface area contributed by atoms with E-state index in [0.29, 0.717) is 30.7 Å². The van der Waals surface area contributed by atoms with Crippen molar-refractivity contribution in [2.45, 2.75) is 37.8 Å². The molecule has 12 heteroatoms.